The van der Waals surface area contributed by atoms with E-state index in [2.05, 4.69) is 5.43 Å². The highest BCUT2D eigenvalue weighted by Crippen LogP contribution is 2.27. The standard InChI is InChI=1S/C16H17FN2O5S2/c1-23-11-7-8-13(24-2)15(9-11)26(21,22)19-18-16(20)10-25-14-6-4-3-5-12(14)17/h3-9,19H,10H2,1-2H3,(H,18,20). The number of carbonyl (C=O) groups is 1. The zero-order chi connectivity index (χ0) is 19.2. The summed E-state index contributed by atoms with van der Waals surface area (Å²) in [5, 5.41) is 0. The smallest absolute Gasteiger partial charge is 0.261 e. The summed E-state index contributed by atoms with van der Waals surface area (Å²) in [7, 11) is -1.37. The van der Waals surface area contributed by atoms with Gasteiger partial charge in [-0.2, -0.15) is 0 Å². The number of thioether (sulfide) groups is 1. The van der Waals surface area contributed by atoms with Crippen LogP contribution in [0.3, 0.4) is 0 Å². The van der Waals surface area contributed by atoms with Crippen LogP contribution < -0.4 is 19.7 Å². The third-order valence-corrected chi connectivity index (χ3v) is 5.50. The molecule has 0 aliphatic carbocycles. The molecule has 0 saturated carbocycles. The van der Waals surface area contributed by atoms with Crippen LogP contribution in [0.2, 0.25) is 0 Å². The first-order valence-corrected chi connectivity index (χ1v) is 9.74. The minimum absolute atomic E-state index is 0.0910. The first-order chi connectivity index (χ1) is 12.4. The maximum atomic E-state index is 13.5. The molecule has 2 aromatic carbocycles. The summed E-state index contributed by atoms with van der Waals surface area (Å²) in [6.07, 6.45) is 0. The van der Waals surface area contributed by atoms with E-state index in [0.29, 0.717) is 10.6 Å². The quantitative estimate of drug-likeness (QED) is 0.520. The Kier molecular flexibility index (Phi) is 6.83. The second-order valence-electron chi connectivity index (χ2n) is 4.89. The van der Waals surface area contributed by atoms with Crippen LogP contribution in [0, 0.1) is 5.82 Å². The number of methoxy groups -OCH3 is 2. The molecule has 1 amide bonds. The van der Waals surface area contributed by atoms with Crippen LogP contribution in [0.5, 0.6) is 11.5 Å². The van der Waals surface area contributed by atoms with Crippen LogP contribution >= 0.6 is 11.8 Å². The molecule has 2 rings (SSSR count). The van der Waals surface area contributed by atoms with Crippen molar-refractivity contribution in [1.29, 1.82) is 0 Å². The molecule has 2 N–H and O–H groups in total. The molecular formula is C16H17FN2O5S2. The Bertz CT molecular complexity index is 890. The minimum Gasteiger partial charge on any atom is -0.497 e. The van der Waals surface area contributed by atoms with Crippen molar-refractivity contribution >= 4 is 27.7 Å². The van der Waals surface area contributed by atoms with Gasteiger partial charge in [0.05, 0.1) is 20.0 Å². The number of hydrazine groups is 1. The molecule has 0 fully saturated rings. The molecular weight excluding hydrogens is 383 g/mol. The van der Waals surface area contributed by atoms with Crippen LogP contribution in [0.15, 0.2) is 52.3 Å². The molecule has 0 heterocycles. The van der Waals surface area contributed by atoms with Gasteiger partial charge in [-0.05, 0) is 24.3 Å². The van der Waals surface area contributed by atoms with Gasteiger partial charge in [0.1, 0.15) is 22.2 Å². The molecule has 0 unspecified atom stereocenters. The second kappa shape index (κ2) is 8.88. The Labute approximate surface area is 154 Å². The monoisotopic (exact) mass is 400 g/mol. The molecule has 140 valence electrons. The average molecular weight is 400 g/mol. The molecule has 10 heteroatoms. The van der Waals surface area contributed by atoms with Gasteiger partial charge < -0.3 is 9.47 Å². The summed E-state index contributed by atoms with van der Waals surface area (Å²) in [5.41, 5.74) is 2.08. The van der Waals surface area contributed by atoms with E-state index in [-0.39, 0.29) is 16.4 Å². The van der Waals surface area contributed by atoms with E-state index in [1.54, 1.807) is 12.1 Å². The fourth-order valence-electron chi connectivity index (χ4n) is 1.91. The topological polar surface area (TPSA) is 93.7 Å². The molecule has 0 spiro atoms. The van der Waals surface area contributed by atoms with Gasteiger partial charge in [0.15, 0.2) is 0 Å². The number of hydrogen-bond acceptors (Lipinski definition) is 6. The lowest BCUT2D eigenvalue weighted by molar-refractivity contribution is -0.119. The van der Waals surface area contributed by atoms with Gasteiger partial charge in [0.25, 0.3) is 10.0 Å². The summed E-state index contributed by atoms with van der Waals surface area (Å²) in [6.45, 7) is 0. The van der Waals surface area contributed by atoms with Gasteiger partial charge in [-0.25, -0.2) is 12.8 Å². The number of nitrogens with one attached hydrogen (secondary N) is 2. The lowest BCUT2D eigenvalue weighted by Crippen LogP contribution is -2.42. The summed E-state index contributed by atoms with van der Waals surface area (Å²) in [4.78, 5) is 13.9. The van der Waals surface area contributed by atoms with Gasteiger partial charge in [0, 0.05) is 11.0 Å². The number of benzene rings is 2. The molecule has 0 saturated heterocycles. The van der Waals surface area contributed by atoms with Crippen molar-refractivity contribution in [3.05, 3.63) is 48.3 Å². The maximum Gasteiger partial charge on any atom is 0.261 e. The molecule has 0 radical (unpaired) electrons. The lowest BCUT2D eigenvalue weighted by atomic mass is 10.3. The summed E-state index contributed by atoms with van der Waals surface area (Å²) < 4.78 is 48.3. The number of hydrogen-bond donors (Lipinski definition) is 2. The second-order valence-corrected chi connectivity index (χ2v) is 7.56. The predicted molar refractivity (Wildman–Crippen MR) is 95.1 cm³/mol. The first-order valence-electron chi connectivity index (χ1n) is 7.27. The van der Waals surface area contributed by atoms with Crippen LogP contribution in [0.25, 0.3) is 0 Å². The van der Waals surface area contributed by atoms with E-state index >= 15 is 0 Å². The summed E-state index contributed by atoms with van der Waals surface area (Å²) in [5.74, 6) is -0.852. The largest absolute Gasteiger partial charge is 0.497 e. The van der Waals surface area contributed by atoms with E-state index < -0.39 is 21.7 Å². The highest BCUT2D eigenvalue weighted by molar-refractivity contribution is 8.00. The van der Waals surface area contributed by atoms with Crippen molar-refractivity contribution in [3.8, 4) is 11.5 Å². The predicted octanol–water partition coefficient (Wildman–Crippen LogP) is 1.94. The van der Waals surface area contributed by atoms with Crippen LogP contribution in [0.4, 0.5) is 4.39 Å². The third kappa shape index (κ3) is 5.10. The van der Waals surface area contributed by atoms with Crippen molar-refractivity contribution in [2.45, 2.75) is 9.79 Å². The highest BCUT2D eigenvalue weighted by Gasteiger charge is 2.21. The molecule has 0 atom stereocenters. The number of rotatable bonds is 8. The number of ether oxygens (including phenoxy) is 2. The average Bonchev–Trinajstić information content (AvgIpc) is 2.65. The van der Waals surface area contributed by atoms with Crippen molar-refractivity contribution in [1.82, 2.24) is 10.3 Å². The number of halogens is 1. The van der Waals surface area contributed by atoms with E-state index in [1.807, 2.05) is 4.83 Å². The van der Waals surface area contributed by atoms with Gasteiger partial charge in [-0.15, -0.1) is 16.6 Å². The molecule has 0 bridgehead atoms. The molecule has 0 aliphatic rings. The maximum absolute atomic E-state index is 13.5. The first kappa shape index (κ1) is 20.0. The van der Waals surface area contributed by atoms with Crippen LogP contribution in [-0.4, -0.2) is 34.3 Å². The molecule has 26 heavy (non-hydrogen) atoms. The molecule has 0 aliphatic heterocycles. The Morgan fingerprint density at radius 2 is 1.88 bits per heavy atom. The molecule has 2 aromatic rings. The number of amides is 1. The van der Waals surface area contributed by atoms with Gasteiger partial charge in [-0.1, -0.05) is 12.1 Å². The fourth-order valence-corrected chi connectivity index (χ4v) is 3.70. The van der Waals surface area contributed by atoms with Gasteiger partial charge in [-0.3, -0.25) is 10.2 Å². The Hall–Kier alpha value is -2.30. The fraction of sp³-hybridized carbons (Fsp3) is 0.188. The van der Waals surface area contributed by atoms with E-state index in [9.17, 15) is 17.6 Å². The van der Waals surface area contributed by atoms with Crippen molar-refractivity contribution in [2.75, 3.05) is 20.0 Å². The highest BCUT2D eigenvalue weighted by atomic mass is 32.2. The number of sulfonamides is 1. The number of carbonyl (C=O) groups excluding carboxylic acids is 1. The zero-order valence-electron chi connectivity index (χ0n) is 14.0. The van der Waals surface area contributed by atoms with E-state index in [0.717, 1.165) is 11.8 Å². The normalized spacial score (nSPS) is 11.0. The van der Waals surface area contributed by atoms with Crippen molar-refractivity contribution < 1.29 is 27.1 Å². The Morgan fingerprint density at radius 3 is 2.54 bits per heavy atom. The third-order valence-electron chi connectivity index (χ3n) is 3.18. The zero-order valence-corrected chi connectivity index (χ0v) is 15.6. The summed E-state index contributed by atoms with van der Waals surface area (Å²) >= 11 is 0.949. The van der Waals surface area contributed by atoms with Crippen LogP contribution in [-0.2, 0) is 14.8 Å². The minimum atomic E-state index is -4.09. The van der Waals surface area contributed by atoms with Crippen molar-refractivity contribution in [3.63, 3.8) is 0 Å². The molecule has 0 aromatic heterocycles. The SMILES string of the molecule is COc1ccc(OC)c(S(=O)(=O)NNC(=O)CSc2ccccc2F)c1. The molecule has 7 nitrogen and oxygen atoms in total. The Morgan fingerprint density at radius 1 is 1.15 bits per heavy atom. The van der Waals surface area contributed by atoms with Crippen LogP contribution in [0.1, 0.15) is 0 Å². The summed E-state index contributed by atoms with van der Waals surface area (Å²) in [6, 6.07) is 10.2. The van der Waals surface area contributed by atoms with E-state index in [1.165, 1.54) is 44.6 Å². The van der Waals surface area contributed by atoms with Gasteiger partial charge >= 0.3 is 0 Å². The van der Waals surface area contributed by atoms with Crippen molar-refractivity contribution in [2.24, 2.45) is 0 Å². The van der Waals surface area contributed by atoms with Gasteiger partial charge in [0.2, 0.25) is 5.91 Å². The van der Waals surface area contributed by atoms with E-state index in [4.69, 9.17) is 9.47 Å². The Balaban J connectivity index is 2.01. The lowest BCUT2D eigenvalue weighted by Gasteiger charge is -2.12.